The molecule has 0 aliphatic carbocycles. The lowest BCUT2D eigenvalue weighted by atomic mass is 10.0. The van der Waals surface area contributed by atoms with Crippen LogP contribution in [0.5, 0.6) is 0 Å². The molecule has 5 heteroatoms. The molecule has 2 aromatic carbocycles. The lowest BCUT2D eigenvalue weighted by molar-refractivity contribution is -0.118. The summed E-state index contributed by atoms with van der Waals surface area (Å²) in [5.74, 6) is 2.45. The maximum absolute atomic E-state index is 12.3. The van der Waals surface area contributed by atoms with Gasteiger partial charge in [-0.1, -0.05) is 61.6 Å². The lowest BCUT2D eigenvalue weighted by Crippen LogP contribution is -2.13. The zero-order chi connectivity index (χ0) is 19.2. The number of aryl methyl sites for hydroxylation is 1. The highest BCUT2D eigenvalue weighted by Crippen LogP contribution is 2.23. The van der Waals surface area contributed by atoms with Gasteiger partial charge in [-0.3, -0.25) is 4.79 Å². The first-order chi connectivity index (χ1) is 13.0. The summed E-state index contributed by atoms with van der Waals surface area (Å²) in [4.78, 5) is 17.4. The third-order valence-electron chi connectivity index (χ3n) is 4.51. The van der Waals surface area contributed by atoms with Crippen LogP contribution in [0.1, 0.15) is 43.7 Å². The van der Waals surface area contributed by atoms with E-state index >= 15 is 0 Å². The van der Waals surface area contributed by atoms with E-state index in [0.717, 1.165) is 28.2 Å². The van der Waals surface area contributed by atoms with E-state index in [1.165, 1.54) is 15.8 Å². The van der Waals surface area contributed by atoms with E-state index in [0.29, 0.717) is 12.3 Å². The molecule has 3 aromatic rings. The summed E-state index contributed by atoms with van der Waals surface area (Å²) >= 11 is 3.46. The first-order valence-corrected chi connectivity index (χ1v) is 11.3. The van der Waals surface area contributed by atoms with E-state index in [2.05, 4.69) is 61.3 Å². The van der Waals surface area contributed by atoms with E-state index < -0.39 is 0 Å². The SMILES string of the molecule is CC(C)c1ccc2c(c1)sc(=NC(=O)CCCSCc1ccccc1)n2C. The van der Waals surface area contributed by atoms with Crippen molar-refractivity contribution in [1.29, 1.82) is 0 Å². The van der Waals surface area contributed by atoms with Crippen LogP contribution in [0.4, 0.5) is 0 Å². The molecule has 0 radical (unpaired) electrons. The Morgan fingerprint density at radius 1 is 1.19 bits per heavy atom. The van der Waals surface area contributed by atoms with Crippen molar-refractivity contribution in [3.8, 4) is 0 Å². The molecule has 0 atom stereocenters. The van der Waals surface area contributed by atoms with Gasteiger partial charge in [-0.25, -0.2) is 0 Å². The Morgan fingerprint density at radius 2 is 1.96 bits per heavy atom. The molecule has 0 unspecified atom stereocenters. The van der Waals surface area contributed by atoms with Gasteiger partial charge in [0.2, 0.25) is 5.91 Å². The van der Waals surface area contributed by atoms with Gasteiger partial charge in [0.25, 0.3) is 0 Å². The molecule has 0 spiro atoms. The fraction of sp³-hybridized carbons (Fsp3) is 0.364. The molecule has 0 aliphatic rings. The number of aromatic nitrogens is 1. The monoisotopic (exact) mass is 398 g/mol. The lowest BCUT2D eigenvalue weighted by Gasteiger charge is -2.04. The molecule has 1 heterocycles. The molecule has 1 amide bonds. The third-order valence-corrected chi connectivity index (χ3v) is 6.72. The maximum Gasteiger partial charge on any atom is 0.248 e. The highest BCUT2D eigenvalue weighted by atomic mass is 32.2. The second-order valence-corrected chi connectivity index (χ2v) is 9.09. The summed E-state index contributed by atoms with van der Waals surface area (Å²) in [5.41, 5.74) is 3.78. The van der Waals surface area contributed by atoms with Crippen LogP contribution in [-0.4, -0.2) is 16.2 Å². The van der Waals surface area contributed by atoms with E-state index in [4.69, 9.17) is 0 Å². The molecule has 0 saturated carbocycles. The van der Waals surface area contributed by atoms with Gasteiger partial charge in [-0.05, 0) is 41.4 Å². The Balaban J connectivity index is 1.57. The number of hydrogen-bond acceptors (Lipinski definition) is 3. The molecule has 0 saturated heterocycles. The van der Waals surface area contributed by atoms with Crippen LogP contribution in [-0.2, 0) is 17.6 Å². The number of amides is 1. The minimum absolute atomic E-state index is 0.0263. The number of benzene rings is 2. The van der Waals surface area contributed by atoms with Crippen molar-refractivity contribution in [3.05, 3.63) is 64.5 Å². The van der Waals surface area contributed by atoms with Crippen LogP contribution in [0.25, 0.3) is 10.2 Å². The summed E-state index contributed by atoms with van der Waals surface area (Å²) in [6, 6.07) is 16.9. The van der Waals surface area contributed by atoms with Crippen molar-refractivity contribution < 1.29 is 4.79 Å². The van der Waals surface area contributed by atoms with Crippen molar-refractivity contribution in [2.75, 3.05) is 5.75 Å². The fourth-order valence-corrected chi connectivity index (χ4v) is 4.87. The van der Waals surface area contributed by atoms with Gasteiger partial charge in [-0.2, -0.15) is 16.8 Å². The van der Waals surface area contributed by atoms with E-state index in [1.54, 1.807) is 11.3 Å². The van der Waals surface area contributed by atoms with Crippen LogP contribution in [0, 0.1) is 0 Å². The van der Waals surface area contributed by atoms with Crippen LogP contribution in [0.3, 0.4) is 0 Å². The standard InChI is InChI=1S/C22H26N2OS2/c1-16(2)18-11-12-19-20(14-18)27-22(24(19)3)23-21(25)10-7-13-26-15-17-8-5-4-6-9-17/h4-6,8-9,11-12,14,16H,7,10,13,15H2,1-3H3. The number of fused-ring (bicyclic) bond motifs is 1. The van der Waals surface area contributed by atoms with Gasteiger partial charge < -0.3 is 4.57 Å². The average molecular weight is 399 g/mol. The van der Waals surface area contributed by atoms with E-state index in [1.807, 2.05) is 29.4 Å². The smallest absolute Gasteiger partial charge is 0.248 e. The van der Waals surface area contributed by atoms with Crippen molar-refractivity contribution in [2.24, 2.45) is 12.0 Å². The predicted octanol–water partition coefficient (Wildman–Crippen LogP) is 5.50. The highest BCUT2D eigenvalue weighted by Gasteiger charge is 2.07. The first-order valence-electron chi connectivity index (χ1n) is 9.33. The van der Waals surface area contributed by atoms with Crippen LogP contribution in [0.15, 0.2) is 53.5 Å². The second-order valence-electron chi connectivity index (χ2n) is 6.97. The number of thioether (sulfide) groups is 1. The normalized spacial score (nSPS) is 12.2. The van der Waals surface area contributed by atoms with Crippen LogP contribution < -0.4 is 4.80 Å². The zero-order valence-corrected chi connectivity index (χ0v) is 17.8. The molecular formula is C22H26N2OS2. The minimum atomic E-state index is -0.0263. The Bertz CT molecular complexity index is 971. The summed E-state index contributed by atoms with van der Waals surface area (Å²) in [5, 5.41) is 0. The number of rotatable bonds is 7. The molecule has 0 fully saturated rings. The van der Waals surface area contributed by atoms with Crippen molar-refractivity contribution >= 4 is 39.2 Å². The summed E-state index contributed by atoms with van der Waals surface area (Å²) in [6.07, 6.45) is 1.37. The quantitative estimate of drug-likeness (QED) is 0.492. The molecule has 0 aliphatic heterocycles. The number of carbonyl (C=O) groups excluding carboxylic acids is 1. The molecule has 0 bridgehead atoms. The van der Waals surface area contributed by atoms with Crippen LogP contribution in [0.2, 0.25) is 0 Å². The Hall–Kier alpha value is -1.85. The largest absolute Gasteiger partial charge is 0.319 e. The summed E-state index contributed by atoms with van der Waals surface area (Å²) in [6.45, 7) is 4.39. The van der Waals surface area contributed by atoms with E-state index in [9.17, 15) is 4.79 Å². The van der Waals surface area contributed by atoms with Crippen molar-refractivity contribution in [2.45, 2.75) is 38.4 Å². The number of carbonyl (C=O) groups is 1. The number of nitrogens with zero attached hydrogens (tertiary/aromatic N) is 2. The molecule has 3 rings (SSSR count). The molecule has 142 valence electrons. The first kappa shape index (κ1) is 19.9. The number of thiazole rings is 1. The zero-order valence-electron chi connectivity index (χ0n) is 16.1. The average Bonchev–Trinajstić information content (AvgIpc) is 2.97. The minimum Gasteiger partial charge on any atom is -0.319 e. The van der Waals surface area contributed by atoms with Gasteiger partial charge >= 0.3 is 0 Å². The second kappa shape index (κ2) is 9.38. The highest BCUT2D eigenvalue weighted by molar-refractivity contribution is 7.98. The summed E-state index contributed by atoms with van der Waals surface area (Å²) < 4.78 is 3.21. The third kappa shape index (κ3) is 5.33. The Kier molecular flexibility index (Phi) is 6.91. The maximum atomic E-state index is 12.3. The van der Waals surface area contributed by atoms with Gasteiger partial charge in [-0.15, -0.1) is 0 Å². The molecule has 1 aromatic heterocycles. The molecule has 0 N–H and O–H groups in total. The van der Waals surface area contributed by atoms with Gasteiger partial charge in [0.05, 0.1) is 10.2 Å². The summed E-state index contributed by atoms with van der Waals surface area (Å²) in [7, 11) is 1.98. The molecule has 3 nitrogen and oxygen atoms in total. The fourth-order valence-electron chi connectivity index (χ4n) is 2.87. The molecular weight excluding hydrogens is 372 g/mol. The number of hydrogen-bond donors (Lipinski definition) is 0. The Morgan fingerprint density at radius 3 is 2.70 bits per heavy atom. The van der Waals surface area contributed by atoms with Gasteiger partial charge in [0.1, 0.15) is 0 Å². The van der Waals surface area contributed by atoms with Gasteiger partial charge in [0.15, 0.2) is 4.80 Å². The van der Waals surface area contributed by atoms with E-state index in [-0.39, 0.29) is 5.91 Å². The topological polar surface area (TPSA) is 34.4 Å². The Labute approximate surface area is 169 Å². The van der Waals surface area contributed by atoms with Gasteiger partial charge in [0, 0.05) is 19.2 Å². The van der Waals surface area contributed by atoms with Crippen molar-refractivity contribution in [1.82, 2.24) is 4.57 Å². The van der Waals surface area contributed by atoms with Crippen LogP contribution >= 0.6 is 23.1 Å². The predicted molar refractivity (Wildman–Crippen MR) is 117 cm³/mol. The molecule has 27 heavy (non-hydrogen) atoms. The van der Waals surface area contributed by atoms with Crippen molar-refractivity contribution in [3.63, 3.8) is 0 Å².